The van der Waals surface area contributed by atoms with E-state index < -0.39 is 6.10 Å². The Bertz CT molecular complexity index is 735. The summed E-state index contributed by atoms with van der Waals surface area (Å²) in [4.78, 5) is 4.52. The standard InChI is InChI=1S/C23H34N4O2/c1-4-24-23(26-15-9-14-25-20-11-6-5-7-12-20)27-17-22(28)19-10-8-13-21(16-19)29-18(2)3/h5-8,10-13,16,18,22,25,28H,4,9,14-15,17H2,1-3H3,(H2,24,26,27). The number of aliphatic imine (C=N–C) groups is 1. The number of hydrogen-bond acceptors (Lipinski definition) is 4. The number of para-hydroxylation sites is 1. The van der Waals surface area contributed by atoms with Gasteiger partial charge in [-0.15, -0.1) is 0 Å². The first-order valence-corrected chi connectivity index (χ1v) is 10.3. The Balaban J connectivity index is 1.79. The number of hydrogen-bond donors (Lipinski definition) is 4. The van der Waals surface area contributed by atoms with Crippen LogP contribution >= 0.6 is 0 Å². The van der Waals surface area contributed by atoms with Crippen LogP contribution in [0.1, 0.15) is 38.9 Å². The van der Waals surface area contributed by atoms with E-state index in [9.17, 15) is 5.11 Å². The number of aliphatic hydroxyl groups is 1. The fourth-order valence-electron chi connectivity index (χ4n) is 2.78. The molecule has 0 aromatic heterocycles. The van der Waals surface area contributed by atoms with E-state index in [-0.39, 0.29) is 12.6 Å². The Hall–Kier alpha value is -2.73. The van der Waals surface area contributed by atoms with Gasteiger partial charge in [0.05, 0.1) is 18.8 Å². The molecule has 6 nitrogen and oxygen atoms in total. The van der Waals surface area contributed by atoms with E-state index in [1.807, 2.05) is 63.2 Å². The molecule has 4 N–H and O–H groups in total. The van der Waals surface area contributed by atoms with E-state index in [1.165, 1.54) is 0 Å². The van der Waals surface area contributed by atoms with Crippen molar-refractivity contribution in [1.82, 2.24) is 10.6 Å². The third-order valence-corrected chi connectivity index (χ3v) is 4.13. The molecule has 29 heavy (non-hydrogen) atoms. The van der Waals surface area contributed by atoms with Gasteiger partial charge < -0.3 is 25.8 Å². The van der Waals surface area contributed by atoms with Crippen LogP contribution in [0.25, 0.3) is 0 Å². The number of rotatable bonds is 11. The highest BCUT2D eigenvalue weighted by Gasteiger charge is 2.09. The van der Waals surface area contributed by atoms with Crippen LogP contribution < -0.4 is 20.7 Å². The van der Waals surface area contributed by atoms with Gasteiger partial charge in [-0.25, -0.2) is 0 Å². The van der Waals surface area contributed by atoms with Crippen LogP contribution in [-0.2, 0) is 0 Å². The Morgan fingerprint density at radius 2 is 1.83 bits per heavy atom. The molecule has 0 fully saturated rings. The Morgan fingerprint density at radius 1 is 1.03 bits per heavy atom. The molecule has 0 saturated carbocycles. The number of ether oxygens (including phenoxy) is 1. The average Bonchev–Trinajstić information content (AvgIpc) is 2.72. The van der Waals surface area contributed by atoms with Crippen molar-refractivity contribution in [2.75, 3.05) is 31.5 Å². The van der Waals surface area contributed by atoms with Gasteiger partial charge in [-0.3, -0.25) is 4.99 Å². The molecule has 0 aliphatic heterocycles. The third kappa shape index (κ3) is 8.87. The van der Waals surface area contributed by atoms with E-state index in [2.05, 4.69) is 33.1 Å². The van der Waals surface area contributed by atoms with Gasteiger partial charge in [-0.2, -0.15) is 0 Å². The summed E-state index contributed by atoms with van der Waals surface area (Å²) in [6.45, 7) is 8.71. The fraction of sp³-hybridized carbons (Fsp3) is 0.435. The van der Waals surface area contributed by atoms with Gasteiger partial charge in [-0.05, 0) is 57.0 Å². The molecule has 2 rings (SSSR count). The topological polar surface area (TPSA) is 77.9 Å². The molecule has 0 bridgehead atoms. The van der Waals surface area contributed by atoms with E-state index in [4.69, 9.17) is 4.74 Å². The second-order valence-electron chi connectivity index (χ2n) is 7.05. The van der Waals surface area contributed by atoms with Crippen molar-refractivity contribution in [3.05, 3.63) is 60.2 Å². The summed E-state index contributed by atoms with van der Waals surface area (Å²) in [6.07, 6.45) is 0.374. The van der Waals surface area contributed by atoms with Crippen LogP contribution in [0.5, 0.6) is 5.75 Å². The van der Waals surface area contributed by atoms with Crippen molar-refractivity contribution in [3.63, 3.8) is 0 Å². The molecule has 0 aliphatic carbocycles. The first-order chi connectivity index (χ1) is 14.1. The summed E-state index contributed by atoms with van der Waals surface area (Å²) in [6, 6.07) is 17.7. The van der Waals surface area contributed by atoms with Crippen molar-refractivity contribution in [3.8, 4) is 5.75 Å². The molecule has 1 atom stereocenters. The van der Waals surface area contributed by atoms with Crippen LogP contribution in [0, 0.1) is 0 Å². The summed E-state index contributed by atoms with van der Waals surface area (Å²) >= 11 is 0. The molecule has 0 radical (unpaired) electrons. The molecule has 0 amide bonds. The lowest BCUT2D eigenvalue weighted by atomic mass is 10.1. The molecule has 2 aromatic carbocycles. The van der Waals surface area contributed by atoms with Crippen LogP contribution in [0.2, 0.25) is 0 Å². The molecule has 0 aliphatic rings. The first-order valence-electron chi connectivity index (χ1n) is 10.3. The van der Waals surface area contributed by atoms with Crippen LogP contribution in [0.3, 0.4) is 0 Å². The van der Waals surface area contributed by atoms with Crippen LogP contribution in [0.4, 0.5) is 5.69 Å². The number of aliphatic hydroxyl groups excluding tert-OH is 1. The van der Waals surface area contributed by atoms with Gasteiger partial charge in [0.15, 0.2) is 5.96 Å². The Morgan fingerprint density at radius 3 is 2.55 bits per heavy atom. The smallest absolute Gasteiger partial charge is 0.191 e. The lowest BCUT2D eigenvalue weighted by Gasteiger charge is -2.15. The third-order valence-electron chi connectivity index (χ3n) is 4.13. The van der Waals surface area contributed by atoms with Crippen LogP contribution in [-0.4, -0.2) is 43.3 Å². The minimum Gasteiger partial charge on any atom is -0.491 e. The van der Waals surface area contributed by atoms with E-state index in [0.717, 1.165) is 43.1 Å². The number of guanidine groups is 1. The van der Waals surface area contributed by atoms with Gasteiger partial charge in [0, 0.05) is 25.3 Å². The molecule has 0 saturated heterocycles. The summed E-state index contributed by atoms with van der Waals surface area (Å²) in [5, 5.41) is 20.4. The molecule has 1 unspecified atom stereocenters. The second-order valence-corrected chi connectivity index (χ2v) is 7.05. The van der Waals surface area contributed by atoms with Crippen molar-refractivity contribution < 1.29 is 9.84 Å². The van der Waals surface area contributed by atoms with E-state index in [0.29, 0.717) is 5.96 Å². The maximum absolute atomic E-state index is 10.5. The zero-order valence-electron chi connectivity index (χ0n) is 17.7. The average molecular weight is 399 g/mol. The molecular formula is C23H34N4O2. The summed E-state index contributed by atoms with van der Waals surface area (Å²) < 4.78 is 5.70. The van der Waals surface area contributed by atoms with Crippen molar-refractivity contribution >= 4 is 11.6 Å². The highest BCUT2D eigenvalue weighted by Crippen LogP contribution is 2.20. The minimum absolute atomic E-state index is 0.0985. The summed E-state index contributed by atoms with van der Waals surface area (Å²) in [5.74, 6) is 1.47. The lowest BCUT2D eigenvalue weighted by molar-refractivity contribution is 0.185. The molecule has 0 heterocycles. The van der Waals surface area contributed by atoms with Gasteiger partial charge in [-0.1, -0.05) is 30.3 Å². The fourth-order valence-corrected chi connectivity index (χ4v) is 2.78. The predicted molar refractivity (Wildman–Crippen MR) is 121 cm³/mol. The molecular weight excluding hydrogens is 364 g/mol. The van der Waals surface area contributed by atoms with Crippen molar-refractivity contribution in [1.29, 1.82) is 0 Å². The molecule has 6 heteroatoms. The normalized spacial score (nSPS) is 12.5. The largest absolute Gasteiger partial charge is 0.491 e. The molecule has 2 aromatic rings. The SMILES string of the molecule is CCNC(=NCC(O)c1cccc(OC(C)C)c1)NCCCNc1ccccc1. The van der Waals surface area contributed by atoms with Crippen molar-refractivity contribution in [2.45, 2.75) is 39.4 Å². The minimum atomic E-state index is -0.680. The van der Waals surface area contributed by atoms with Gasteiger partial charge >= 0.3 is 0 Å². The predicted octanol–water partition coefficient (Wildman–Crippen LogP) is 3.56. The van der Waals surface area contributed by atoms with Gasteiger partial charge in [0.2, 0.25) is 0 Å². The Labute approximate surface area is 174 Å². The second kappa shape index (κ2) is 12.7. The number of anilines is 1. The van der Waals surface area contributed by atoms with Crippen LogP contribution in [0.15, 0.2) is 59.6 Å². The first kappa shape index (κ1) is 22.6. The maximum atomic E-state index is 10.5. The zero-order valence-corrected chi connectivity index (χ0v) is 17.7. The summed E-state index contributed by atoms with van der Waals surface area (Å²) in [5.41, 5.74) is 1.93. The van der Waals surface area contributed by atoms with Crippen molar-refractivity contribution in [2.24, 2.45) is 4.99 Å². The van der Waals surface area contributed by atoms with E-state index >= 15 is 0 Å². The van der Waals surface area contributed by atoms with Gasteiger partial charge in [0.25, 0.3) is 0 Å². The zero-order chi connectivity index (χ0) is 20.9. The highest BCUT2D eigenvalue weighted by atomic mass is 16.5. The van der Waals surface area contributed by atoms with Gasteiger partial charge in [0.1, 0.15) is 5.75 Å². The van der Waals surface area contributed by atoms with E-state index in [1.54, 1.807) is 0 Å². The number of nitrogens with one attached hydrogen (secondary N) is 3. The highest BCUT2D eigenvalue weighted by molar-refractivity contribution is 5.79. The number of nitrogens with zero attached hydrogens (tertiary/aromatic N) is 1. The lowest BCUT2D eigenvalue weighted by Crippen LogP contribution is -2.38. The maximum Gasteiger partial charge on any atom is 0.191 e. The Kier molecular flexibility index (Phi) is 9.86. The quantitative estimate of drug-likeness (QED) is 0.264. The summed E-state index contributed by atoms with van der Waals surface area (Å²) in [7, 11) is 0. The molecule has 158 valence electrons. The monoisotopic (exact) mass is 398 g/mol. The molecule has 0 spiro atoms. The number of benzene rings is 2.